The maximum atomic E-state index is 11.1. The summed E-state index contributed by atoms with van der Waals surface area (Å²) >= 11 is 0. The van der Waals surface area contributed by atoms with Gasteiger partial charge in [-0.05, 0) is 6.42 Å². The van der Waals surface area contributed by atoms with E-state index in [1.807, 2.05) is 0 Å². The summed E-state index contributed by atoms with van der Waals surface area (Å²) in [5.74, 6) is 0.508. The number of nitrogens with one attached hydrogen (secondary N) is 1. The molecule has 0 spiro atoms. The van der Waals surface area contributed by atoms with Gasteiger partial charge in [0.15, 0.2) is 0 Å². The van der Waals surface area contributed by atoms with Crippen molar-refractivity contribution in [2.24, 2.45) is 5.92 Å². The van der Waals surface area contributed by atoms with Gasteiger partial charge in [-0.3, -0.25) is 0 Å². The molecule has 0 aliphatic carbocycles. The minimum atomic E-state index is -0.0260. The van der Waals surface area contributed by atoms with Gasteiger partial charge in [-0.25, -0.2) is 4.79 Å². The Kier molecular flexibility index (Phi) is 3.34. The molecule has 1 heterocycles. The van der Waals surface area contributed by atoms with Gasteiger partial charge in [0.2, 0.25) is 0 Å². The van der Waals surface area contributed by atoms with Gasteiger partial charge in [-0.1, -0.05) is 0 Å². The SMILES string of the molecule is CN(C)C(=O)NCC1CCOC1. The highest BCUT2D eigenvalue weighted by atomic mass is 16.5. The Morgan fingerprint density at radius 3 is 2.92 bits per heavy atom. The number of carbonyl (C=O) groups is 1. The van der Waals surface area contributed by atoms with Gasteiger partial charge in [0.25, 0.3) is 0 Å². The third kappa shape index (κ3) is 2.70. The van der Waals surface area contributed by atoms with Gasteiger partial charge < -0.3 is 15.0 Å². The van der Waals surface area contributed by atoms with E-state index < -0.39 is 0 Å². The molecule has 70 valence electrons. The van der Waals surface area contributed by atoms with Gasteiger partial charge >= 0.3 is 6.03 Å². The summed E-state index contributed by atoms with van der Waals surface area (Å²) in [5.41, 5.74) is 0. The number of ether oxygens (including phenoxy) is 1. The quantitative estimate of drug-likeness (QED) is 0.650. The summed E-state index contributed by atoms with van der Waals surface area (Å²) in [6, 6.07) is -0.0260. The van der Waals surface area contributed by atoms with Crippen molar-refractivity contribution in [3.05, 3.63) is 0 Å². The van der Waals surface area contributed by atoms with E-state index in [-0.39, 0.29) is 6.03 Å². The van der Waals surface area contributed by atoms with Crippen LogP contribution in [0.15, 0.2) is 0 Å². The topological polar surface area (TPSA) is 41.6 Å². The lowest BCUT2D eigenvalue weighted by Crippen LogP contribution is -2.37. The van der Waals surface area contributed by atoms with Crippen molar-refractivity contribution in [1.29, 1.82) is 0 Å². The standard InChI is InChI=1S/C8H16N2O2/c1-10(2)8(11)9-5-7-3-4-12-6-7/h7H,3-6H2,1-2H3,(H,9,11). The molecular weight excluding hydrogens is 156 g/mol. The lowest BCUT2D eigenvalue weighted by molar-refractivity contribution is 0.183. The number of rotatable bonds is 2. The Morgan fingerprint density at radius 1 is 1.67 bits per heavy atom. The third-order valence-electron chi connectivity index (χ3n) is 1.97. The first-order valence-electron chi connectivity index (χ1n) is 4.23. The molecule has 0 aromatic carbocycles. The van der Waals surface area contributed by atoms with Gasteiger partial charge in [0, 0.05) is 33.2 Å². The zero-order valence-corrected chi connectivity index (χ0v) is 7.67. The van der Waals surface area contributed by atoms with Crippen LogP contribution in [0.5, 0.6) is 0 Å². The van der Waals surface area contributed by atoms with Crippen molar-refractivity contribution in [3.63, 3.8) is 0 Å². The van der Waals surface area contributed by atoms with E-state index >= 15 is 0 Å². The maximum Gasteiger partial charge on any atom is 0.316 e. The van der Waals surface area contributed by atoms with Crippen molar-refractivity contribution in [1.82, 2.24) is 10.2 Å². The fourth-order valence-corrected chi connectivity index (χ4v) is 1.13. The van der Waals surface area contributed by atoms with Crippen LogP contribution >= 0.6 is 0 Å². The van der Waals surface area contributed by atoms with Gasteiger partial charge in [-0.2, -0.15) is 0 Å². The van der Waals surface area contributed by atoms with Crippen LogP contribution in [-0.4, -0.2) is 44.8 Å². The molecule has 4 nitrogen and oxygen atoms in total. The van der Waals surface area contributed by atoms with Crippen molar-refractivity contribution in [2.75, 3.05) is 33.9 Å². The molecule has 12 heavy (non-hydrogen) atoms. The number of nitrogens with zero attached hydrogens (tertiary/aromatic N) is 1. The van der Waals surface area contributed by atoms with Crippen LogP contribution in [0.3, 0.4) is 0 Å². The summed E-state index contributed by atoms with van der Waals surface area (Å²) in [7, 11) is 3.47. The second kappa shape index (κ2) is 4.30. The highest BCUT2D eigenvalue weighted by Gasteiger charge is 2.16. The Hall–Kier alpha value is -0.770. The second-order valence-corrected chi connectivity index (χ2v) is 3.31. The van der Waals surface area contributed by atoms with E-state index in [9.17, 15) is 4.79 Å². The summed E-state index contributed by atoms with van der Waals surface area (Å²) in [6.07, 6.45) is 1.06. The molecule has 1 aliphatic rings. The molecule has 0 aromatic rings. The summed E-state index contributed by atoms with van der Waals surface area (Å²) in [5, 5.41) is 2.83. The zero-order valence-electron chi connectivity index (χ0n) is 7.67. The summed E-state index contributed by atoms with van der Waals surface area (Å²) in [4.78, 5) is 12.6. The van der Waals surface area contributed by atoms with Crippen molar-refractivity contribution in [3.8, 4) is 0 Å². The molecular formula is C8H16N2O2. The summed E-state index contributed by atoms with van der Waals surface area (Å²) < 4.78 is 5.18. The molecule has 2 amide bonds. The predicted octanol–water partition coefficient (Wildman–Crippen LogP) is 0.294. The van der Waals surface area contributed by atoms with Crippen LogP contribution in [-0.2, 0) is 4.74 Å². The molecule has 0 saturated carbocycles. The smallest absolute Gasteiger partial charge is 0.316 e. The van der Waals surface area contributed by atoms with Crippen LogP contribution in [0.25, 0.3) is 0 Å². The molecule has 0 aromatic heterocycles. The fraction of sp³-hybridized carbons (Fsp3) is 0.875. The minimum absolute atomic E-state index is 0.0260. The lowest BCUT2D eigenvalue weighted by Gasteiger charge is -2.14. The first-order valence-corrected chi connectivity index (χ1v) is 4.23. The van der Waals surface area contributed by atoms with Gasteiger partial charge in [0.05, 0.1) is 6.61 Å². The number of carbonyl (C=O) groups excluding carboxylic acids is 1. The van der Waals surface area contributed by atoms with Crippen LogP contribution in [0.2, 0.25) is 0 Å². The van der Waals surface area contributed by atoms with E-state index in [0.717, 1.165) is 26.2 Å². The molecule has 4 heteroatoms. The van der Waals surface area contributed by atoms with E-state index in [4.69, 9.17) is 4.74 Å². The van der Waals surface area contributed by atoms with E-state index in [1.54, 1.807) is 14.1 Å². The van der Waals surface area contributed by atoms with Gasteiger partial charge in [0.1, 0.15) is 0 Å². The highest BCUT2D eigenvalue weighted by molar-refractivity contribution is 5.73. The maximum absolute atomic E-state index is 11.1. The van der Waals surface area contributed by atoms with Crippen molar-refractivity contribution < 1.29 is 9.53 Å². The molecule has 1 saturated heterocycles. The third-order valence-corrected chi connectivity index (χ3v) is 1.97. The molecule has 0 radical (unpaired) electrons. The van der Waals surface area contributed by atoms with E-state index in [2.05, 4.69) is 5.32 Å². The van der Waals surface area contributed by atoms with Crippen molar-refractivity contribution >= 4 is 6.03 Å². The highest BCUT2D eigenvalue weighted by Crippen LogP contribution is 2.10. The Labute approximate surface area is 72.9 Å². The second-order valence-electron chi connectivity index (χ2n) is 3.31. The number of urea groups is 1. The average molecular weight is 172 g/mol. The number of amides is 2. The number of hydrogen-bond donors (Lipinski definition) is 1. The van der Waals surface area contributed by atoms with Crippen LogP contribution < -0.4 is 5.32 Å². The predicted molar refractivity (Wildman–Crippen MR) is 46.0 cm³/mol. The van der Waals surface area contributed by atoms with Gasteiger partial charge in [-0.15, -0.1) is 0 Å². The molecule has 1 N–H and O–H groups in total. The number of hydrogen-bond acceptors (Lipinski definition) is 2. The van der Waals surface area contributed by atoms with Crippen molar-refractivity contribution in [2.45, 2.75) is 6.42 Å². The monoisotopic (exact) mass is 172 g/mol. The van der Waals surface area contributed by atoms with Crippen LogP contribution in [0.1, 0.15) is 6.42 Å². The Balaban J connectivity index is 2.12. The molecule has 1 unspecified atom stereocenters. The summed E-state index contributed by atoms with van der Waals surface area (Å²) in [6.45, 7) is 2.35. The molecule has 0 bridgehead atoms. The lowest BCUT2D eigenvalue weighted by atomic mass is 10.1. The Bertz CT molecular complexity index is 153. The van der Waals surface area contributed by atoms with Crippen LogP contribution in [0, 0.1) is 5.92 Å². The Morgan fingerprint density at radius 2 is 2.42 bits per heavy atom. The normalized spacial score (nSPS) is 22.3. The minimum Gasteiger partial charge on any atom is -0.381 e. The molecule has 1 aliphatic heterocycles. The average Bonchev–Trinajstić information content (AvgIpc) is 2.51. The molecule has 1 rings (SSSR count). The molecule has 1 atom stereocenters. The van der Waals surface area contributed by atoms with E-state index in [0.29, 0.717) is 5.92 Å². The fourth-order valence-electron chi connectivity index (χ4n) is 1.13. The van der Waals surface area contributed by atoms with E-state index in [1.165, 1.54) is 4.90 Å². The first kappa shape index (κ1) is 9.32. The zero-order chi connectivity index (χ0) is 8.97. The van der Waals surface area contributed by atoms with Crippen LogP contribution in [0.4, 0.5) is 4.79 Å². The molecule has 1 fully saturated rings. The largest absolute Gasteiger partial charge is 0.381 e. The first-order chi connectivity index (χ1) is 5.70.